The molecule has 0 amide bonds. The molecule has 0 bridgehead atoms. The number of rotatable bonds is 8. The molecule has 5 heteroatoms. The van der Waals surface area contributed by atoms with E-state index >= 15 is 0 Å². The van der Waals surface area contributed by atoms with Gasteiger partial charge < -0.3 is 15.0 Å². The summed E-state index contributed by atoms with van der Waals surface area (Å²) in [6, 6.07) is 0. The van der Waals surface area contributed by atoms with Gasteiger partial charge in [0, 0.05) is 12.4 Å². The van der Waals surface area contributed by atoms with E-state index in [1.165, 1.54) is 12.8 Å². The second-order valence-electron chi connectivity index (χ2n) is 3.68. The summed E-state index contributed by atoms with van der Waals surface area (Å²) in [5.74, 6) is -1.63. The summed E-state index contributed by atoms with van der Waals surface area (Å²) in [6.07, 6.45) is 6.63. The largest absolute Gasteiger partial charge is 1.00 e. The van der Waals surface area contributed by atoms with Crippen LogP contribution in [0.15, 0.2) is 0 Å². The van der Waals surface area contributed by atoms with Crippen molar-refractivity contribution in [3.63, 3.8) is 0 Å². The molecule has 1 N–H and O–H groups in total. The minimum atomic E-state index is -0.920. The molecule has 17 heavy (non-hydrogen) atoms. The molecule has 0 aromatic carbocycles. The Balaban J connectivity index is -0.000000244. The van der Waals surface area contributed by atoms with Gasteiger partial charge in [-0.05, 0) is 19.3 Å². The molecule has 0 radical (unpaired) electrons. The summed E-state index contributed by atoms with van der Waals surface area (Å²) < 4.78 is 0. The van der Waals surface area contributed by atoms with Gasteiger partial charge in [0.2, 0.25) is 0 Å². The van der Waals surface area contributed by atoms with E-state index in [-0.39, 0.29) is 57.8 Å². The molecule has 0 unspecified atom stereocenters. The molecule has 96 valence electrons. The molecule has 0 aliphatic carbocycles. The zero-order chi connectivity index (χ0) is 12.8. The predicted molar refractivity (Wildman–Crippen MR) is 60.9 cm³/mol. The van der Waals surface area contributed by atoms with Crippen molar-refractivity contribution >= 4 is 11.9 Å². The van der Waals surface area contributed by atoms with E-state index in [4.69, 9.17) is 5.11 Å². The molecule has 0 fully saturated rings. The van der Waals surface area contributed by atoms with Crippen LogP contribution in [0.25, 0.3) is 0 Å². The van der Waals surface area contributed by atoms with Gasteiger partial charge in [-0.1, -0.05) is 39.5 Å². The van der Waals surface area contributed by atoms with Gasteiger partial charge in [-0.15, -0.1) is 0 Å². The van der Waals surface area contributed by atoms with Crippen LogP contribution >= 0.6 is 0 Å². The van der Waals surface area contributed by atoms with Gasteiger partial charge in [0.05, 0.1) is 0 Å². The van der Waals surface area contributed by atoms with Crippen molar-refractivity contribution in [2.45, 2.75) is 65.2 Å². The number of hydrogen-bond acceptors (Lipinski definition) is 3. The van der Waals surface area contributed by atoms with Crippen molar-refractivity contribution < 1.29 is 71.2 Å². The number of carbonyl (C=O) groups is 2. The third kappa shape index (κ3) is 31.5. The summed E-state index contributed by atoms with van der Waals surface area (Å²) in [7, 11) is 0. The standard InChI is InChI=1S/C8H16O2.C4H8O2.K/c1-2-3-4-5-6-7-8(9)10;1-2-3-4(5)6;/h2-7H2,1H3,(H,9,10);2-3H2,1H3,(H,5,6);/q;;+1/p-1. The topological polar surface area (TPSA) is 77.4 Å². The van der Waals surface area contributed by atoms with E-state index in [2.05, 4.69) is 6.92 Å². The van der Waals surface area contributed by atoms with Crippen LogP contribution in [-0.2, 0) is 9.59 Å². The Hall–Kier alpha value is 0.576. The molecular weight excluding hydrogens is 247 g/mol. The molecule has 0 aliphatic heterocycles. The average molecular weight is 270 g/mol. The zero-order valence-electron chi connectivity index (χ0n) is 11.3. The second-order valence-corrected chi connectivity index (χ2v) is 3.68. The zero-order valence-corrected chi connectivity index (χ0v) is 14.5. The van der Waals surface area contributed by atoms with E-state index in [1.54, 1.807) is 0 Å². The number of hydrogen-bond donors (Lipinski definition) is 1. The number of unbranched alkanes of at least 4 members (excludes halogenated alkanes) is 4. The normalized spacial score (nSPS) is 8.59. The van der Waals surface area contributed by atoms with E-state index in [0.717, 1.165) is 25.7 Å². The van der Waals surface area contributed by atoms with Gasteiger partial charge in [-0.25, -0.2) is 0 Å². The van der Waals surface area contributed by atoms with Gasteiger partial charge >= 0.3 is 57.4 Å². The third-order valence-electron chi connectivity index (χ3n) is 1.95. The third-order valence-corrected chi connectivity index (χ3v) is 1.95. The van der Waals surface area contributed by atoms with Crippen molar-refractivity contribution in [2.24, 2.45) is 0 Å². The summed E-state index contributed by atoms with van der Waals surface area (Å²) in [5, 5.41) is 17.8. The number of carbonyl (C=O) groups excluding carboxylic acids is 1. The van der Waals surface area contributed by atoms with E-state index in [0.29, 0.717) is 6.42 Å². The minimum Gasteiger partial charge on any atom is -0.550 e. The number of aliphatic carboxylic acids is 2. The molecular formula is C12H23KO4. The van der Waals surface area contributed by atoms with Crippen LogP contribution in [0.1, 0.15) is 65.2 Å². The Kier molecular flexibility index (Phi) is 25.3. The first-order valence-corrected chi connectivity index (χ1v) is 5.96. The fourth-order valence-electron chi connectivity index (χ4n) is 1.09. The van der Waals surface area contributed by atoms with E-state index in [1.807, 2.05) is 6.92 Å². The average Bonchev–Trinajstić information content (AvgIpc) is 2.17. The fraction of sp³-hybridized carbons (Fsp3) is 0.833. The first-order chi connectivity index (χ1) is 7.54. The van der Waals surface area contributed by atoms with Crippen molar-refractivity contribution in [3.05, 3.63) is 0 Å². The van der Waals surface area contributed by atoms with Crippen LogP contribution in [0.3, 0.4) is 0 Å². The Bertz CT molecular complexity index is 183. The van der Waals surface area contributed by atoms with Crippen molar-refractivity contribution in [1.82, 2.24) is 0 Å². The van der Waals surface area contributed by atoms with Gasteiger partial charge in [0.25, 0.3) is 0 Å². The SMILES string of the molecule is CCCC(=O)O.CCCCCCCC(=O)[O-].[K+]. The molecule has 0 aromatic heterocycles. The van der Waals surface area contributed by atoms with Crippen molar-refractivity contribution in [3.8, 4) is 0 Å². The molecule has 0 spiro atoms. The van der Waals surface area contributed by atoms with Gasteiger partial charge in [0.15, 0.2) is 0 Å². The fourth-order valence-corrected chi connectivity index (χ4v) is 1.09. The summed E-state index contributed by atoms with van der Waals surface area (Å²) >= 11 is 0. The molecule has 4 nitrogen and oxygen atoms in total. The van der Waals surface area contributed by atoms with Crippen LogP contribution in [0.2, 0.25) is 0 Å². The summed E-state index contributed by atoms with van der Waals surface area (Å²) in [4.78, 5) is 19.5. The van der Waals surface area contributed by atoms with E-state index in [9.17, 15) is 14.7 Å². The maximum atomic E-state index is 9.92. The maximum Gasteiger partial charge on any atom is 1.00 e. The maximum absolute atomic E-state index is 9.92. The van der Waals surface area contributed by atoms with Crippen LogP contribution < -0.4 is 56.5 Å². The molecule has 0 aromatic rings. The number of carboxylic acid groups (broad SMARTS) is 2. The summed E-state index contributed by atoms with van der Waals surface area (Å²) in [5.41, 5.74) is 0. The first-order valence-electron chi connectivity index (χ1n) is 5.96. The Morgan fingerprint density at radius 1 is 0.941 bits per heavy atom. The van der Waals surface area contributed by atoms with Gasteiger partial charge in [0.1, 0.15) is 0 Å². The van der Waals surface area contributed by atoms with Crippen LogP contribution in [-0.4, -0.2) is 17.0 Å². The van der Waals surface area contributed by atoms with E-state index < -0.39 is 11.9 Å². The quantitative estimate of drug-likeness (QED) is 0.452. The summed E-state index contributed by atoms with van der Waals surface area (Å²) in [6.45, 7) is 3.98. The van der Waals surface area contributed by atoms with Crippen molar-refractivity contribution in [2.75, 3.05) is 0 Å². The van der Waals surface area contributed by atoms with Crippen LogP contribution in [0.4, 0.5) is 0 Å². The molecule has 0 heterocycles. The Labute approximate surface area is 147 Å². The monoisotopic (exact) mass is 270 g/mol. The molecule has 0 aliphatic rings. The molecule has 0 atom stereocenters. The second kappa shape index (κ2) is 18.9. The first kappa shape index (κ1) is 22.7. The molecule has 0 saturated heterocycles. The van der Waals surface area contributed by atoms with Gasteiger partial charge in [-0.2, -0.15) is 0 Å². The van der Waals surface area contributed by atoms with Gasteiger partial charge in [-0.3, -0.25) is 4.79 Å². The number of carboxylic acids is 2. The molecule has 0 saturated carbocycles. The van der Waals surface area contributed by atoms with Crippen LogP contribution in [0, 0.1) is 0 Å². The smallest absolute Gasteiger partial charge is 0.550 e. The predicted octanol–water partition coefficient (Wildman–Crippen LogP) is -1.03. The Morgan fingerprint density at radius 3 is 1.76 bits per heavy atom. The van der Waals surface area contributed by atoms with Crippen LogP contribution in [0.5, 0.6) is 0 Å². The minimum absolute atomic E-state index is 0. The molecule has 0 rings (SSSR count). The Morgan fingerprint density at radius 2 is 1.47 bits per heavy atom. The van der Waals surface area contributed by atoms with Crippen molar-refractivity contribution in [1.29, 1.82) is 0 Å².